The van der Waals surface area contributed by atoms with E-state index in [1.54, 1.807) is 0 Å². The third-order valence-corrected chi connectivity index (χ3v) is 4.16. The van der Waals surface area contributed by atoms with Gasteiger partial charge in [-0.25, -0.2) is 0 Å². The smallest absolute Gasteiger partial charge is 0.305 e. The van der Waals surface area contributed by atoms with Crippen LogP contribution in [-0.2, 0) is 19.1 Å². The highest BCUT2D eigenvalue weighted by molar-refractivity contribution is 5.77. The molecule has 23 heavy (non-hydrogen) atoms. The number of methoxy groups -OCH3 is 1. The van der Waals surface area contributed by atoms with Crippen LogP contribution >= 0.6 is 0 Å². The highest BCUT2D eigenvalue weighted by atomic mass is 16.5. The Morgan fingerprint density at radius 2 is 1.87 bits per heavy atom. The van der Waals surface area contributed by atoms with Crippen molar-refractivity contribution in [1.82, 2.24) is 9.80 Å². The second-order valence-electron chi connectivity index (χ2n) is 6.70. The van der Waals surface area contributed by atoms with Crippen molar-refractivity contribution in [3.05, 3.63) is 0 Å². The van der Waals surface area contributed by atoms with Gasteiger partial charge in [0.05, 0.1) is 13.2 Å². The first kappa shape index (κ1) is 19.9. The van der Waals surface area contributed by atoms with Gasteiger partial charge in [-0.05, 0) is 45.8 Å². The molecule has 1 aliphatic rings. The van der Waals surface area contributed by atoms with E-state index in [0.29, 0.717) is 12.8 Å². The molecule has 1 amide bonds. The SMILES string of the molecule is COC(=O)C[C@@H](C)CC(=O)N1CCC(OCCCN(C)C)CC1. The van der Waals surface area contributed by atoms with Gasteiger partial charge >= 0.3 is 5.97 Å². The first-order chi connectivity index (χ1) is 10.9. The maximum Gasteiger partial charge on any atom is 0.305 e. The number of carbonyl (C=O) groups excluding carboxylic acids is 2. The number of rotatable bonds is 9. The maximum atomic E-state index is 12.2. The van der Waals surface area contributed by atoms with Crippen molar-refractivity contribution >= 4 is 11.9 Å². The van der Waals surface area contributed by atoms with Gasteiger partial charge in [0.15, 0.2) is 0 Å². The van der Waals surface area contributed by atoms with Crippen LogP contribution in [0.5, 0.6) is 0 Å². The van der Waals surface area contributed by atoms with Gasteiger partial charge in [0.1, 0.15) is 0 Å². The highest BCUT2D eigenvalue weighted by Crippen LogP contribution is 2.17. The number of amides is 1. The second-order valence-corrected chi connectivity index (χ2v) is 6.70. The number of hydrogen-bond acceptors (Lipinski definition) is 5. The third-order valence-electron chi connectivity index (χ3n) is 4.16. The molecule has 0 radical (unpaired) electrons. The molecule has 6 nitrogen and oxygen atoms in total. The molecule has 0 spiro atoms. The molecule has 1 atom stereocenters. The summed E-state index contributed by atoms with van der Waals surface area (Å²) in [6, 6.07) is 0. The quantitative estimate of drug-likeness (QED) is 0.475. The number of piperidine rings is 1. The molecule has 1 fully saturated rings. The van der Waals surface area contributed by atoms with Gasteiger partial charge in [-0.3, -0.25) is 9.59 Å². The summed E-state index contributed by atoms with van der Waals surface area (Å²) >= 11 is 0. The van der Waals surface area contributed by atoms with Gasteiger partial charge in [-0.1, -0.05) is 6.92 Å². The maximum absolute atomic E-state index is 12.2. The lowest BCUT2D eigenvalue weighted by Crippen LogP contribution is -2.41. The number of esters is 1. The Bertz CT molecular complexity index is 366. The van der Waals surface area contributed by atoms with E-state index in [-0.39, 0.29) is 23.9 Å². The molecule has 0 aromatic carbocycles. The number of nitrogens with zero attached hydrogens (tertiary/aromatic N) is 2. The lowest BCUT2D eigenvalue weighted by atomic mass is 10.0. The molecule has 1 rings (SSSR count). The normalized spacial score (nSPS) is 17.3. The molecule has 0 unspecified atom stereocenters. The standard InChI is InChI=1S/C17H32N2O4/c1-14(13-17(21)22-4)12-16(20)19-9-6-15(7-10-19)23-11-5-8-18(2)3/h14-15H,5-13H2,1-4H3/t14-/m0/s1. The first-order valence-electron chi connectivity index (χ1n) is 8.53. The first-order valence-corrected chi connectivity index (χ1v) is 8.53. The summed E-state index contributed by atoms with van der Waals surface area (Å²) in [4.78, 5) is 27.5. The van der Waals surface area contributed by atoms with Gasteiger partial charge in [0.2, 0.25) is 5.91 Å². The average Bonchev–Trinajstić information content (AvgIpc) is 2.51. The Kier molecular flexibility index (Phi) is 9.17. The zero-order valence-electron chi connectivity index (χ0n) is 15.0. The van der Waals surface area contributed by atoms with Gasteiger partial charge in [0, 0.05) is 32.5 Å². The van der Waals surface area contributed by atoms with E-state index in [1.165, 1.54) is 7.11 Å². The average molecular weight is 328 g/mol. The van der Waals surface area contributed by atoms with Crippen molar-refractivity contribution in [2.75, 3.05) is 47.4 Å². The van der Waals surface area contributed by atoms with Crippen molar-refractivity contribution < 1.29 is 19.1 Å². The Morgan fingerprint density at radius 1 is 1.22 bits per heavy atom. The molecule has 0 aromatic rings. The topological polar surface area (TPSA) is 59.1 Å². The van der Waals surface area contributed by atoms with E-state index in [4.69, 9.17) is 4.74 Å². The molecule has 1 saturated heterocycles. The van der Waals surface area contributed by atoms with Crippen LogP contribution in [0.3, 0.4) is 0 Å². The van der Waals surface area contributed by atoms with Crippen molar-refractivity contribution in [3.8, 4) is 0 Å². The summed E-state index contributed by atoms with van der Waals surface area (Å²) in [5.41, 5.74) is 0. The van der Waals surface area contributed by atoms with E-state index in [1.807, 2.05) is 11.8 Å². The lowest BCUT2D eigenvalue weighted by molar-refractivity contribution is -0.142. The van der Waals surface area contributed by atoms with Gasteiger partial charge < -0.3 is 19.3 Å². The van der Waals surface area contributed by atoms with Crippen LogP contribution in [0.1, 0.15) is 39.0 Å². The zero-order valence-corrected chi connectivity index (χ0v) is 15.0. The molecular weight excluding hydrogens is 296 g/mol. The van der Waals surface area contributed by atoms with Crippen molar-refractivity contribution in [3.63, 3.8) is 0 Å². The summed E-state index contributed by atoms with van der Waals surface area (Å²) in [7, 11) is 5.50. The van der Waals surface area contributed by atoms with Crippen molar-refractivity contribution in [2.24, 2.45) is 5.92 Å². The second kappa shape index (κ2) is 10.6. The molecular formula is C17H32N2O4. The zero-order chi connectivity index (χ0) is 17.2. The van der Waals surface area contributed by atoms with E-state index >= 15 is 0 Å². The fraction of sp³-hybridized carbons (Fsp3) is 0.882. The Labute approximate surface area is 140 Å². The molecule has 134 valence electrons. The minimum absolute atomic E-state index is 0.0231. The van der Waals surface area contributed by atoms with Gasteiger partial charge in [-0.15, -0.1) is 0 Å². The lowest BCUT2D eigenvalue weighted by Gasteiger charge is -2.32. The Morgan fingerprint density at radius 3 is 2.43 bits per heavy atom. The molecule has 0 bridgehead atoms. The van der Waals surface area contributed by atoms with E-state index in [0.717, 1.165) is 45.5 Å². The minimum atomic E-state index is -0.255. The number of likely N-dealkylation sites (tertiary alicyclic amines) is 1. The van der Waals surface area contributed by atoms with Crippen LogP contribution in [0, 0.1) is 5.92 Å². The van der Waals surface area contributed by atoms with Crippen LogP contribution in [0.2, 0.25) is 0 Å². The predicted octanol–water partition coefficient (Wildman–Crippen LogP) is 1.54. The van der Waals surface area contributed by atoms with Gasteiger partial charge in [0.25, 0.3) is 0 Å². The number of ether oxygens (including phenoxy) is 2. The Hall–Kier alpha value is -1.14. The van der Waals surface area contributed by atoms with Crippen LogP contribution in [0.25, 0.3) is 0 Å². The van der Waals surface area contributed by atoms with Gasteiger partial charge in [-0.2, -0.15) is 0 Å². The van der Waals surface area contributed by atoms with E-state index in [9.17, 15) is 9.59 Å². The number of carbonyl (C=O) groups is 2. The summed E-state index contributed by atoms with van der Waals surface area (Å²) < 4.78 is 10.5. The molecule has 0 aromatic heterocycles. The highest BCUT2D eigenvalue weighted by Gasteiger charge is 2.24. The predicted molar refractivity (Wildman–Crippen MR) is 89.1 cm³/mol. The van der Waals surface area contributed by atoms with Crippen LogP contribution in [0.15, 0.2) is 0 Å². The monoisotopic (exact) mass is 328 g/mol. The number of hydrogen-bond donors (Lipinski definition) is 0. The van der Waals surface area contributed by atoms with E-state index < -0.39 is 0 Å². The molecule has 1 heterocycles. The molecule has 6 heteroatoms. The van der Waals surface area contributed by atoms with Crippen LogP contribution in [-0.4, -0.2) is 75.2 Å². The van der Waals surface area contributed by atoms with E-state index in [2.05, 4.69) is 23.7 Å². The molecule has 0 saturated carbocycles. The summed E-state index contributed by atoms with van der Waals surface area (Å²) in [6.45, 7) is 5.24. The van der Waals surface area contributed by atoms with Crippen molar-refractivity contribution in [2.45, 2.75) is 45.1 Å². The molecule has 0 N–H and O–H groups in total. The molecule has 1 aliphatic heterocycles. The van der Waals surface area contributed by atoms with Crippen LogP contribution < -0.4 is 0 Å². The van der Waals surface area contributed by atoms with Crippen LogP contribution in [0.4, 0.5) is 0 Å². The minimum Gasteiger partial charge on any atom is -0.469 e. The third kappa shape index (κ3) is 8.32. The summed E-state index contributed by atoms with van der Waals surface area (Å²) in [5, 5.41) is 0. The Balaban J connectivity index is 2.19. The van der Waals surface area contributed by atoms with Crippen molar-refractivity contribution in [1.29, 1.82) is 0 Å². The fourth-order valence-corrected chi connectivity index (χ4v) is 2.77. The largest absolute Gasteiger partial charge is 0.469 e. The summed E-state index contributed by atoms with van der Waals surface area (Å²) in [5.74, 6) is -0.0995. The summed E-state index contributed by atoms with van der Waals surface area (Å²) in [6.07, 6.45) is 3.82. The molecule has 0 aliphatic carbocycles. The fourth-order valence-electron chi connectivity index (χ4n) is 2.77.